The average molecular weight is 693 g/mol. The second kappa shape index (κ2) is 14.1. The average Bonchev–Trinajstić information content (AvgIpc) is 3.02. The van der Waals surface area contributed by atoms with Gasteiger partial charge in [-0.05, 0) is 54.7 Å². The highest BCUT2D eigenvalue weighted by Crippen LogP contribution is 2.53. The molecule has 2 aromatic rings. The van der Waals surface area contributed by atoms with Crippen molar-refractivity contribution in [3.05, 3.63) is 93.0 Å². The number of aliphatic hydroxyl groups excluding tert-OH is 1. The van der Waals surface area contributed by atoms with Gasteiger partial charge < -0.3 is 14.7 Å². The lowest BCUT2D eigenvalue weighted by Crippen LogP contribution is -2.66. The van der Waals surface area contributed by atoms with Gasteiger partial charge in [0.25, 0.3) is 5.91 Å². The summed E-state index contributed by atoms with van der Waals surface area (Å²) in [6.45, 7) is 1.95. The van der Waals surface area contributed by atoms with Crippen molar-refractivity contribution in [3.8, 4) is 0 Å². The fraction of sp³-hybridized carbons (Fsp3) is 0.455. The van der Waals surface area contributed by atoms with Crippen molar-refractivity contribution in [1.29, 1.82) is 0 Å². The van der Waals surface area contributed by atoms with E-state index in [1.165, 1.54) is 7.11 Å². The van der Waals surface area contributed by atoms with Crippen molar-refractivity contribution in [2.24, 2.45) is 5.41 Å². The van der Waals surface area contributed by atoms with Gasteiger partial charge in [0.1, 0.15) is 6.23 Å². The van der Waals surface area contributed by atoms with Gasteiger partial charge in [-0.1, -0.05) is 79.4 Å². The summed E-state index contributed by atoms with van der Waals surface area (Å²) >= 11 is 13.4. The van der Waals surface area contributed by atoms with Crippen molar-refractivity contribution < 1.29 is 32.7 Å². The Bertz CT molecular complexity index is 1650. The summed E-state index contributed by atoms with van der Waals surface area (Å²) < 4.78 is 32.5. The fourth-order valence-electron chi connectivity index (χ4n) is 7.05. The topological polar surface area (TPSA) is 134 Å². The Kier molecular flexibility index (Phi) is 10.6. The molecule has 1 saturated carbocycles. The summed E-state index contributed by atoms with van der Waals surface area (Å²) in [7, 11) is -2.28. The molecule has 1 amide bonds. The summed E-state index contributed by atoms with van der Waals surface area (Å²) in [5.41, 5.74) is 3.94. The van der Waals surface area contributed by atoms with Gasteiger partial charge in [0, 0.05) is 39.0 Å². The first-order valence-corrected chi connectivity index (χ1v) is 17.8. The van der Waals surface area contributed by atoms with Crippen LogP contribution in [0.5, 0.6) is 0 Å². The maximum atomic E-state index is 14.5. The number of methoxy groups -OCH3 is 1. The summed E-state index contributed by atoms with van der Waals surface area (Å²) in [6.07, 6.45) is 6.38. The number of sulfonamides is 1. The van der Waals surface area contributed by atoms with E-state index in [9.17, 15) is 23.1 Å². The molecule has 0 saturated heterocycles. The molecule has 3 aliphatic rings. The van der Waals surface area contributed by atoms with E-state index >= 15 is 0 Å². The monoisotopic (exact) mass is 691 g/mol. The van der Waals surface area contributed by atoms with E-state index in [0.29, 0.717) is 51.6 Å². The number of benzene rings is 2. The van der Waals surface area contributed by atoms with Gasteiger partial charge in [0.15, 0.2) is 0 Å². The third-order valence-electron chi connectivity index (χ3n) is 9.19. The zero-order valence-corrected chi connectivity index (χ0v) is 28.2. The number of hydroxylamine groups is 1. The first-order chi connectivity index (χ1) is 21.8. The molecule has 1 heterocycles. The van der Waals surface area contributed by atoms with Gasteiger partial charge in [-0.3, -0.25) is 9.63 Å². The minimum atomic E-state index is -3.59. The second-order valence-corrected chi connectivity index (χ2v) is 15.0. The Labute approximate surface area is 279 Å². The van der Waals surface area contributed by atoms with Crippen LogP contribution in [0.25, 0.3) is 0 Å². The van der Waals surface area contributed by atoms with Crippen LogP contribution < -0.4 is 10.2 Å². The molecule has 248 valence electrons. The molecule has 13 heteroatoms. The number of rotatable bonds is 10. The molecule has 6 atom stereocenters. The number of hydrogen-bond acceptors (Lipinski definition) is 8. The third kappa shape index (κ3) is 7.21. The summed E-state index contributed by atoms with van der Waals surface area (Å²) in [5.74, 6) is -1.50. The molecule has 3 N–H and O–H groups in total. The van der Waals surface area contributed by atoms with Crippen LogP contribution in [0.1, 0.15) is 76.8 Å². The minimum Gasteiger partial charge on any atom is -0.465 e. The minimum absolute atomic E-state index is 0.0167. The van der Waals surface area contributed by atoms with Crippen LogP contribution in [0.15, 0.2) is 70.7 Å². The SMILES string of the molecule is COC(=O)c1cccc(CONC(O)[C@@H]2c3ccccc3C(=O)N([C@H]3CCCC[C@@H]3NS(C)(=O)=O)[C@H]2C2(C)CC=C(Cl)C=C2Cl)c1. The molecular weight excluding hydrogens is 653 g/mol. The van der Waals surface area contributed by atoms with E-state index in [2.05, 4.69) is 10.2 Å². The predicted molar refractivity (Wildman–Crippen MR) is 175 cm³/mol. The summed E-state index contributed by atoms with van der Waals surface area (Å²) in [5, 5.41) is 12.8. The number of amides is 1. The molecule has 0 aromatic heterocycles. The van der Waals surface area contributed by atoms with E-state index in [-0.39, 0.29) is 12.5 Å². The summed E-state index contributed by atoms with van der Waals surface area (Å²) in [6, 6.07) is 12.1. The number of nitrogens with zero attached hydrogens (tertiary/aromatic N) is 1. The van der Waals surface area contributed by atoms with Crippen molar-refractivity contribution >= 4 is 45.1 Å². The zero-order chi connectivity index (χ0) is 33.2. The van der Waals surface area contributed by atoms with Crippen molar-refractivity contribution in [3.63, 3.8) is 0 Å². The molecule has 2 aliphatic carbocycles. The zero-order valence-electron chi connectivity index (χ0n) is 25.9. The van der Waals surface area contributed by atoms with Crippen molar-refractivity contribution in [2.45, 2.75) is 75.9 Å². The number of aliphatic hydroxyl groups is 1. The van der Waals surface area contributed by atoms with Gasteiger partial charge >= 0.3 is 5.97 Å². The van der Waals surface area contributed by atoms with Gasteiger partial charge in [-0.2, -0.15) is 5.48 Å². The number of ether oxygens (including phenoxy) is 1. The number of carbonyl (C=O) groups is 2. The summed E-state index contributed by atoms with van der Waals surface area (Å²) in [4.78, 5) is 34.1. The van der Waals surface area contributed by atoms with E-state index in [1.54, 1.807) is 47.4 Å². The standard InChI is InChI=1S/C33H39Cl2N3O7S/c1-33(16-15-22(34)18-27(33)35)29-28(30(39)36-45-19-20-9-8-10-21(17-20)32(41)44-2)23-11-4-5-12-24(23)31(40)38(29)26-14-7-6-13-25(26)37-46(3,42)43/h4-5,8-12,15,17-18,25-26,28-30,36-37,39H,6-7,13-14,16,19H2,1-3H3/t25-,26-,28+,29+,30?,33?/m0/s1. The maximum absolute atomic E-state index is 14.5. The quantitative estimate of drug-likeness (QED) is 0.181. The maximum Gasteiger partial charge on any atom is 0.337 e. The molecule has 2 unspecified atom stereocenters. The third-order valence-corrected chi connectivity index (χ3v) is 10.7. The lowest BCUT2D eigenvalue weighted by molar-refractivity contribution is -0.0985. The van der Waals surface area contributed by atoms with E-state index in [4.69, 9.17) is 32.8 Å². The largest absolute Gasteiger partial charge is 0.465 e. The highest BCUT2D eigenvalue weighted by molar-refractivity contribution is 7.88. The highest BCUT2D eigenvalue weighted by Gasteiger charge is 2.55. The molecule has 0 spiro atoms. The highest BCUT2D eigenvalue weighted by atomic mass is 35.5. The molecule has 0 bridgehead atoms. The fourth-order valence-corrected chi connectivity index (χ4v) is 8.43. The molecule has 0 radical (unpaired) electrons. The first-order valence-electron chi connectivity index (χ1n) is 15.2. The number of carbonyl (C=O) groups excluding carboxylic acids is 2. The van der Waals surface area contributed by atoms with Gasteiger partial charge in [-0.25, -0.2) is 17.9 Å². The molecule has 5 rings (SSSR count). The second-order valence-electron chi connectivity index (χ2n) is 12.4. The molecular formula is C33H39Cl2N3O7S. The smallest absolute Gasteiger partial charge is 0.337 e. The van der Waals surface area contributed by atoms with Gasteiger partial charge in [-0.15, -0.1) is 0 Å². The number of hydrogen-bond donors (Lipinski definition) is 3. The number of allylic oxidation sites excluding steroid dienone is 3. The molecule has 1 fully saturated rings. The molecule has 46 heavy (non-hydrogen) atoms. The van der Waals surface area contributed by atoms with Crippen molar-refractivity contribution in [1.82, 2.24) is 15.1 Å². The van der Waals surface area contributed by atoms with E-state index in [1.807, 2.05) is 25.1 Å². The first kappa shape index (κ1) is 34.6. The normalized spacial score (nSPS) is 27.3. The lowest BCUT2D eigenvalue weighted by Gasteiger charge is -2.56. The van der Waals surface area contributed by atoms with Crippen LogP contribution in [0, 0.1) is 5.41 Å². The number of halogens is 2. The van der Waals surface area contributed by atoms with Crippen molar-refractivity contribution in [2.75, 3.05) is 13.4 Å². The predicted octanol–water partition coefficient (Wildman–Crippen LogP) is 4.94. The Morgan fingerprint density at radius 2 is 1.89 bits per heavy atom. The van der Waals surface area contributed by atoms with Crippen LogP contribution in [-0.2, 0) is 26.2 Å². The molecule has 1 aliphatic heterocycles. The van der Waals surface area contributed by atoms with Crippen LogP contribution in [0.4, 0.5) is 0 Å². The Morgan fingerprint density at radius 3 is 2.61 bits per heavy atom. The number of nitrogens with one attached hydrogen (secondary N) is 2. The molecule has 10 nitrogen and oxygen atoms in total. The Hall–Kier alpha value is -2.77. The Balaban J connectivity index is 1.55. The van der Waals surface area contributed by atoms with Gasteiger partial charge in [0.2, 0.25) is 10.0 Å². The Morgan fingerprint density at radius 1 is 1.15 bits per heavy atom. The van der Waals surface area contributed by atoms with Crippen LogP contribution in [-0.4, -0.2) is 68.0 Å². The lowest BCUT2D eigenvalue weighted by atomic mass is 9.65. The van der Waals surface area contributed by atoms with E-state index < -0.39 is 51.7 Å². The van der Waals surface area contributed by atoms with E-state index in [0.717, 1.165) is 19.1 Å². The van der Waals surface area contributed by atoms with Crippen LogP contribution in [0.3, 0.4) is 0 Å². The van der Waals surface area contributed by atoms with Crippen LogP contribution >= 0.6 is 23.2 Å². The van der Waals surface area contributed by atoms with Crippen LogP contribution in [0.2, 0.25) is 0 Å². The number of esters is 1. The number of fused-ring (bicyclic) bond motifs is 1. The van der Waals surface area contributed by atoms with Gasteiger partial charge in [0.05, 0.1) is 31.6 Å². The molecule has 2 aromatic carbocycles.